The van der Waals surface area contributed by atoms with Crippen molar-refractivity contribution in [1.29, 1.82) is 0 Å². The summed E-state index contributed by atoms with van der Waals surface area (Å²) in [4.78, 5) is 14.9. The third kappa shape index (κ3) is 4.04. The topological polar surface area (TPSA) is 67.8 Å². The molecule has 30 heavy (non-hydrogen) atoms. The van der Waals surface area contributed by atoms with Crippen LogP contribution in [-0.2, 0) is 11.3 Å². The Bertz CT molecular complexity index is 1190. The van der Waals surface area contributed by atoms with Crippen molar-refractivity contribution in [1.82, 2.24) is 4.90 Å². The van der Waals surface area contributed by atoms with Crippen molar-refractivity contribution >= 4 is 33.5 Å². The first-order valence-electron chi connectivity index (χ1n) is 10.0. The van der Waals surface area contributed by atoms with Crippen LogP contribution in [0.25, 0.3) is 21.9 Å². The molecule has 2 aromatic carbocycles. The number of nitrogens with one attached hydrogen (secondary N) is 1. The number of amides is 1. The van der Waals surface area contributed by atoms with Crippen LogP contribution in [0.4, 0.5) is 5.69 Å². The largest absolute Gasteiger partial charge is 0.495 e. The van der Waals surface area contributed by atoms with Gasteiger partial charge in [-0.25, -0.2) is 0 Å². The molecule has 0 saturated carbocycles. The zero-order chi connectivity index (χ0) is 21.3. The van der Waals surface area contributed by atoms with Gasteiger partial charge in [0.25, 0.3) is 0 Å². The maximum absolute atomic E-state index is 12.8. The number of nitrogens with zero attached hydrogens (tertiary/aromatic N) is 1. The Morgan fingerprint density at radius 2 is 1.87 bits per heavy atom. The minimum absolute atomic E-state index is 0.124. The Balaban J connectivity index is 1.56. The first kappa shape index (κ1) is 20.0. The van der Waals surface area contributed by atoms with Crippen LogP contribution in [0.3, 0.4) is 0 Å². The molecule has 0 fully saturated rings. The van der Waals surface area contributed by atoms with Crippen LogP contribution in [0, 0.1) is 6.92 Å². The number of aryl methyl sites for hydroxylation is 1. The van der Waals surface area contributed by atoms with Crippen LogP contribution in [0.15, 0.2) is 57.4 Å². The summed E-state index contributed by atoms with van der Waals surface area (Å²) in [5, 5.41) is 4.95. The van der Waals surface area contributed by atoms with Gasteiger partial charge < -0.3 is 18.9 Å². The summed E-state index contributed by atoms with van der Waals surface area (Å²) in [6.07, 6.45) is 0. The first-order valence-corrected chi connectivity index (χ1v) is 10.0. The van der Waals surface area contributed by atoms with Crippen molar-refractivity contribution in [2.24, 2.45) is 0 Å². The Labute approximate surface area is 175 Å². The minimum atomic E-state index is -0.124. The average Bonchev–Trinajstić information content (AvgIpc) is 3.29. The molecule has 0 aliphatic heterocycles. The summed E-state index contributed by atoms with van der Waals surface area (Å²) in [5.41, 5.74) is 2.10. The summed E-state index contributed by atoms with van der Waals surface area (Å²) in [6, 6.07) is 15.6. The Morgan fingerprint density at radius 3 is 2.57 bits per heavy atom. The summed E-state index contributed by atoms with van der Waals surface area (Å²) in [6.45, 7) is 6.84. The van der Waals surface area contributed by atoms with E-state index < -0.39 is 0 Å². The maximum atomic E-state index is 12.8. The highest BCUT2D eigenvalue weighted by Gasteiger charge is 2.19. The molecule has 2 heterocycles. The third-order valence-electron chi connectivity index (χ3n) is 5.20. The Hall–Kier alpha value is -3.25. The fraction of sp³-hybridized carbons (Fsp3) is 0.292. The fourth-order valence-electron chi connectivity index (χ4n) is 3.58. The van der Waals surface area contributed by atoms with Gasteiger partial charge in [-0.15, -0.1) is 0 Å². The number of methoxy groups -OCH3 is 1. The van der Waals surface area contributed by atoms with Crippen LogP contribution in [0.1, 0.15) is 25.4 Å². The molecule has 4 rings (SSSR count). The minimum Gasteiger partial charge on any atom is -0.495 e. The molecule has 1 amide bonds. The molecule has 2 aromatic heterocycles. The molecular weight excluding hydrogens is 380 g/mol. The summed E-state index contributed by atoms with van der Waals surface area (Å²) in [7, 11) is 1.60. The van der Waals surface area contributed by atoms with Gasteiger partial charge in [-0.3, -0.25) is 9.69 Å². The van der Waals surface area contributed by atoms with E-state index in [9.17, 15) is 4.79 Å². The normalized spacial score (nSPS) is 11.7. The van der Waals surface area contributed by atoms with Gasteiger partial charge >= 0.3 is 0 Å². The van der Waals surface area contributed by atoms with Crippen LogP contribution in [-0.4, -0.2) is 30.5 Å². The second kappa shape index (κ2) is 8.24. The zero-order valence-electron chi connectivity index (χ0n) is 17.7. The highest BCUT2D eigenvalue weighted by molar-refractivity contribution is 6.07. The van der Waals surface area contributed by atoms with Crippen molar-refractivity contribution in [2.45, 2.75) is 33.4 Å². The van der Waals surface area contributed by atoms with E-state index in [0.29, 0.717) is 23.6 Å². The molecule has 1 N–H and O–H groups in total. The predicted octanol–water partition coefficient (Wildman–Crippen LogP) is 5.35. The predicted molar refractivity (Wildman–Crippen MR) is 118 cm³/mol. The highest BCUT2D eigenvalue weighted by atomic mass is 16.5. The van der Waals surface area contributed by atoms with Crippen LogP contribution < -0.4 is 10.1 Å². The van der Waals surface area contributed by atoms with Gasteiger partial charge in [0.2, 0.25) is 5.91 Å². The number of ether oxygens (including phenoxy) is 1. The first-order chi connectivity index (χ1) is 14.4. The molecule has 156 valence electrons. The Kier molecular flexibility index (Phi) is 5.50. The molecule has 0 aliphatic rings. The number of carbonyl (C=O) groups is 1. The highest BCUT2D eigenvalue weighted by Crippen LogP contribution is 2.36. The lowest BCUT2D eigenvalue weighted by Gasteiger charge is -2.25. The van der Waals surface area contributed by atoms with Crippen molar-refractivity contribution < 1.29 is 18.4 Å². The van der Waals surface area contributed by atoms with E-state index in [4.69, 9.17) is 13.6 Å². The Morgan fingerprint density at radius 1 is 1.07 bits per heavy atom. The van der Waals surface area contributed by atoms with E-state index >= 15 is 0 Å². The number of para-hydroxylation sites is 1. The average molecular weight is 406 g/mol. The van der Waals surface area contributed by atoms with E-state index in [1.807, 2.05) is 55.5 Å². The van der Waals surface area contributed by atoms with E-state index in [1.165, 1.54) is 0 Å². The smallest absolute Gasteiger partial charge is 0.238 e. The second-order valence-corrected chi connectivity index (χ2v) is 7.71. The molecule has 0 spiro atoms. The van der Waals surface area contributed by atoms with E-state index in [1.54, 1.807) is 7.11 Å². The zero-order valence-corrected chi connectivity index (χ0v) is 17.7. The number of furan rings is 2. The number of hydrogen-bond acceptors (Lipinski definition) is 5. The standard InChI is InChI=1S/C24H26N2O4/c1-15(2)26(13-17-10-9-16(3)29-17)14-24(27)25-20-12-22-19(11-23(20)28-4)18-7-5-6-8-21(18)30-22/h5-12,15H,13-14H2,1-4H3,(H,25,27). The van der Waals surface area contributed by atoms with Gasteiger partial charge in [-0.1, -0.05) is 18.2 Å². The number of fused-ring (bicyclic) bond motifs is 3. The third-order valence-corrected chi connectivity index (χ3v) is 5.20. The monoisotopic (exact) mass is 406 g/mol. The fourth-order valence-corrected chi connectivity index (χ4v) is 3.58. The number of hydrogen-bond donors (Lipinski definition) is 1. The summed E-state index contributed by atoms with van der Waals surface area (Å²) in [5.74, 6) is 2.18. The van der Waals surface area contributed by atoms with Crippen LogP contribution in [0.5, 0.6) is 5.75 Å². The van der Waals surface area contributed by atoms with Gasteiger partial charge in [0.1, 0.15) is 28.4 Å². The number of benzene rings is 2. The lowest BCUT2D eigenvalue weighted by atomic mass is 10.1. The van der Waals surface area contributed by atoms with Crippen LogP contribution in [0.2, 0.25) is 0 Å². The van der Waals surface area contributed by atoms with Crippen molar-refractivity contribution in [3.63, 3.8) is 0 Å². The number of rotatable bonds is 7. The summed E-state index contributed by atoms with van der Waals surface area (Å²) >= 11 is 0. The van der Waals surface area contributed by atoms with Gasteiger partial charge in [0, 0.05) is 22.9 Å². The quantitative estimate of drug-likeness (QED) is 0.448. The van der Waals surface area contributed by atoms with Crippen LogP contribution >= 0.6 is 0 Å². The molecular formula is C24H26N2O4. The van der Waals surface area contributed by atoms with Crippen molar-refractivity contribution in [3.8, 4) is 5.75 Å². The van der Waals surface area contributed by atoms with Gasteiger partial charge in [-0.2, -0.15) is 0 Å². The van der Waals surface area contributed by atoms with E-state index in [0.717, 1.165) is 27.9 Å². The van der Waals surface area contributed by atoms with Gasteiger partial charge in [0.05, 0.1) is 25.9 Å². The molecule has 6 heteroatoms. The van der Waals surface area contributed by atoms with Gasteiger partial charge in [0.15, 0.2) is 0 Å². The summed E-state index contributed by atoms with van der Waals surface area (Å²) < 4.78 is 17.2. The molecule has 0 aliphatic carbocycles. The molecule has 0 saturated heterocycles. The second-order valence-electron chi connectivity index (χ2n) is 7.71. The molecule has 0 unspecified atom stereocenters. The molecule has 0 atom stereocenters. The molecule has 0 radical (unpaired) electrons. The van der Waals surface area contributed by atoms with Gasteiger partial charge in [-0.05, 0) is 45.0 Å². The number of anilines is 1. The molecule has 0 bridgehead atoms. The SMILES string of the molecule is COc1cc2c(cc1NC(=O)CN(Cc1ccc(C)o1)C(C)C)oc1ccccc12. The lowest BCUT2D eigenvalue weighted by Crippen LogP contribution is -2.37. The van der Waals surface area contributed by atoms with E-state index in [-0.39, 0.29) is 18.5 Å². The lowest BCUT2D eigenvalue weighted by molar-refractivity contribution is -0.117. The maximum Gasteiger partial charge on any atom is 0.238 e. The number of carbonyl (C=O) groups excluding carboxylic acids is 1. The molecule has 6 nitrogen and oxygen atoms in total. The van der Waals surface area contributed by atoms with Crippen molar-refractivity contribution in [3.05, 3.63) is 60.1 Å². The van der Waals surface area contributed by atoms with E-state index in [2.05, 4.69) is 24.1 Å². The van der Waals surface area contributed by atoms with Crippen molar-refractivity contribution in [2.75, 3.05) is 19.0 Å². The molecule has 4 aromatic rings.